The van der Waals surface area contributed by atoms with Crippen LogP contribution in [0, 0.1) is 0 Å². The highest BCUT2D eigenvalue weighted by Crippen LogP contribution is 2.46. The van der Waals surface area contributed by atoms with Crippen molar-refractivity contribution >= 4 is 5.57 Å². The Labute approximate surface area is 168 Å². The minimum atomic E-state index is 1.05. The minimum absolute atomic E-state index is 1.05. The Hall–Kier alpha value is -2.86. The summed E-state index contributed by atoms with van der Waals surface area (Å²) in [6.07, 6.45) is 11.1. The SMILES string of the molecule is CCc1ccc2c(c1)Cc1c-2cc(-c2ccccc2)c(CC)c1C1=CC=CC1. The van der Waals surface area contributed by atoms with Crippen LogP contribution >= 0.6 is 0 Å². The van der Waals surface area contributed by atoms with Gasteiger partial charge in [-0.15, -0.1) is 0 Å². The van der Waals surface area contributed by atoms with Gasteiger partial charge < -0.3 is 0 Å². The van der Waals surface area contributed by atoms with Crippen LogP contribution < -0.4 is 0 Å². The number of aryl methyl sites for hydroxylation is 1. The lowest BCUT2D eigenvalue weighted by Gasteiger charge is -2.20. The van der Waals surface area contributed by atoms with Crippen molar-refractivity contribution in [1.82, 2.24) is 0 Å². The highest BCUT2D eigenvalue weighted by Gasteiger charge is 2.27. The predicted molar refractivity (Wildman–Crippen MR) is 121 cm³/mol. The Kier molecular flexibility index (Phi) is 4.28. The maximum Gasteiger partial charge on any atom is -0.000719 e. The molecular formula is C28H26. The van der Waals surface area contributed by atoms with Crippen LogP contribution in [0.15, 0.2) is 72.8 Å². The van der Waals surface area contributed by atoms with Crippen molar-refractivity contribution in [3.8, 4) is 22.3 Å². The fourth-order valence-electron chi connectivity index (χ4n) is 4.92. The van der Waals surface area contributed by atoms with Crippen molar-refractivity contribution in [3.63, 3.8) is 0 Å². The number of rotatable bonds is 4. The van der Waals surface area contributed by atoms with Crippen LogP contribution in [-0.2, 0) is 19.3 Å². The Morgan fingerprint density at radius 3 is 2.39 bits per heavy atom. The molecule has 0 heteroatoms. The average Bonchev–Trinajstić information content (AvgIpc) is 3.40. The fourth-order valence-corrected chi connectivity index (χ4v) is 4.92. The molecule has 0 heterocycles. The van der Waals surface area contributed by atoms with Gasteiger partial charge in [0.2, 0.25) is 0 Å². The van der Waals surface area contributed by atoms with Crippen LogP contribution in [0.25, 0.3) is 27.8 Å². The molecule has 2 aliphatic carbocycles. The first kappa shape index (κ1) is 17.3. The van der Waals surface area contributed by atoms with E-state index >= 15 is 0 Å². The second-order valence-corrected chi connectivity index (χ2v) is 7.87. The number of benzene rings is 3. The summed E-state index contributed by atoms with van der Waals surface area (Å²) < 4.78 is 0. The van der Waals surface area contributed by atoms with E-state index in [1.807, 2.05) is 0 Å². The van der Waals surface area contributed by atoms with Crippen LogP contribution in [0.4, 0.5) is 0 Å². The lowest BCUT2D eigenvalue weighted by Crippen LogP contribution is -2.01. The van der Waals surface area contributed by atoms with Crippen LogP contribution in [0.2, 0.25) is 0 Å². The molecule has 0 nitrogen and oxygen atoms in total. The third-order valence-corrected chi connectivity index (χ3v) is 6.31. The molecule has 5 rings (SSSR count). The topological polar surface area (TPSA) is 0 Å². The number of hydrogen-bond donors (Lipinski definition) is 0. The summed E-state index contributed by atoms with van der Waals surface area (Å²) in [7, 11) is 0. The van der Waals surface area contributed by atoms with Crippen LogP contribution in [-0.4, -0.2) is 0 Å². The molecule has 28 heavy (non-hydrogen) atoms. The molecule has 0 N–H and O–H groups in total. The van der Waals surface area contributed by atoms with Gasteiger partial charge in [-0.1, -0.05) is 80.6 Å². The van der Waals surface area contributed by atoms with E-state index in [2.05, 4.69) is 86.7 Å². The fraction of sp³-hybridized carbons (Fsp3) is 0.214. The zero-order valence-corrected chi connectivity index (χ0v) is 16.8. The van der Waals surface area contributed by atoms with Crippen molar-refractivity contribution in [2.75, 3.05) is 0 Å². The first-order valence-corrected chi connectivity index (χ1v) is 10.5. The summed E-state index contributed by atoms with van der Waals surface area (Å²) in [5, 5.41) is 0. The maximum absolute atomic E-state index is 2.47. The molecule has 0 saturated heterocycles. The number of hydrogen-bond acceptors (Lipinski definition) is 0. The number of fused-ring (bicyclic) bond motifs is 3. The first-order valence-electron chi connectivity index (χ1n) is 10.5. The van der Waals surface area contributed by atoms with Crippen molar-refractivity contribution in [2.24, 2.45) is 0 Å². The van der Waals surface area contributed by atoms with Crippen molar-refractivity contribution in [1.29, 1.82) is 0 Å². The van der Waals surface area contributed by atoms with Gasteiger partial charge >= 0.3 is 0 Å². The first-order chi connectivity index (χ1) is 13.8. The molecule has 0 atom stereocenters. The minimum Gasteiger partial charge on any atom is -0.0801 e. The van der Waals surface area contributed by atoms with E-state index in [1.165, 1.54) is 55.6 Å². The lowest BCUT2D eigenvalue weighted by atomic mass is 9.84. The highest BCUT2D eigenvalue weighted by atomic mass is 14.3. The molecule has 0 spiro atoms. The second kappa shape index (κ2) is 6.95. The van der Waals surface area contributed by atoms with Crippen molar-refractivity contribution in [2.45, 2.75) is 39.5 Å². The van der Waals surface area contributed by atoms with Gasteiger partial charge in [0, 0.05) is 0 Å². The molecular weight excluding hydrogens is 336 g/mol. The summed E-state index contributed by atoms with van der Waals surface area (Å²) in [6.45, 7) is 4.55. The van der Waals surface area contributed by atoms with Crippen molar-refractivity contribution < 1.29 is 0 Å². The van der Waals surface area contributed by atoms with Crippen LogP contribution in [0.5, 0.6) is 0 Å². The molecule has 138 valence electrons. The summed E-state index contributed by atoms with van der Waals surface area (Å²) in [5.74, 6) is 0. The molecule has 0 aliphatic heterocycles. The molecule has 0 saturated carbocycles. The molecule has 0 fully saturated rings. The van der Waals surface area contributed by atoms with E-state index < -0.39 is 0 Å². The zero-order valence-electron chi connectivity index (χ0n) is 16.8. The third kappa shape index (κ3) is 2.67. The molecule has 3 aromatic rings. The third-order valence-electron chi connectivity index (χ3n) is 6.31. The van der Waals surface area contributed by atoms with Gasteiger partial charge in [-0.05, 0) is 87.4 Å². The number of allylic oxidation sites excluding steroid dienone is 4. The van der Waals surface area contributed by atoms with Crippen LogP contribution in [0.1, 0.15) is 48.1 Å². The summed E-state index contributed by atoms with van der Waals surface area (Å²) in [6, 6.07) is 20.5. The quantitative estimate of drug-likeness (QED) is 0.355. The molecule has 0 radical (unpaired) electrons. The molecule has 0 amide bonds. The van der Waals surface area contributed by atoms with Crippen LogP contribution in [0.3, 0.4) is 0 Å². The van der Waals surface area contributed by atoms with E-state index in [0.717, 1.165) is 25.7 Å². The average molecular weight is 363 g/mol. The smallest absolute Gasteiger partial charge is 0.000719 e. The normalized spacial score (nSPS) is 14.1. The second-order valence-electron chi connectivity index (χ2n) is 7.87. The molecule has 3 aromatic carbocycles. The standard InChI is InChI=1S/C28H26/c1-3-19-14-15-24-22(16-19)17-27-26(24)18-25(20-10-6-5-7-11-20)23(4-2)28(27)21-12-8-9-13-21/h5-12,14-16,18H,3-4,13,17H2,1-2H3. The van der Waals surface area contributed by atoms with Gasteiger partial charge in [0.15, 0.2) is 0 Å². The summed E-state index contributed by atoms with van der Waals surface area (Å²) in [4.78, 5) is 0. The Morgan fingerprint density at radius 2 is 1.68 bits per heavy atom. The van der Waals surface area contributed by atoms with Gasteiger partial charge in [-0.3, -0.25) is 0 Å². The zero-order chi connectivity index (χ0) is 19.1. The van der Waals surface area contributed by atoms with Gasteiger partial charge in [0.25, 0.3) is 0 Å². The largest absolute Gasteiger partial charge is 0.0801 e. The van der Waals surface area contributed by atoms with E-state index in [0.29, 0.717) is 0 Å². The molecule has 2 aliphatic rings. The molecule has 0 bridgehead atoms. The molecule has 0 aromatic heterocycles. The Morgan fingerprint density at radius 1 is 0.821 bits per heavy atom. The van der Waals surface area contributed by atoms with E-state index in [9.17, 15) is 0 Å². The van der Waals surface area contributed by atoms with Gasteiger partial charge in [-0.2, -0.15) is 0 Å². The van der Waals surface area contributed by atoms with E-state index in [-0.39, 0.29) is 0 Å². The van der Waals surface area contributed by atoms with Gasteiger partial charge in [0.1, 0.15) is 0 Å². The predicted octanol–water partition coefficient (Wildman–Crippen LogP) is 7.39. The van der Waals surface area contributed by atoms with Gasteiger partial charge in [-0.25, -0.2) is 0 Å². The van der Waals surface area contributed by atoms with E-state index in [1.54, 1.807) is 0 Å². The Bertz CT molecular complexity index is 1110. The molecule has 0 unspecified atom stereocenters. The van der Waals surface area contributed by atoms with Gasteiger partial charge in [0.05, 0.1) is 0 Å². The Balaban J connectivity index is 1.80. The summed E-state index contributed by atoms with van der Waals surface area (Å²) >= 11 is 0. The van der Waals surface area contributed by atoms with E-state index in [4.69, 9.17) is 0 Å². The highest BCUT2D eigenvalue weighted by molar-refractivity contribution is 5.91. The monoisotopic (exact) mass is 362 g/mol. The summed E-state index contributed by atoms with van der Waals surface area (Å²) in [5.41, 5.74) is 14.6. The maximum atomic E-state index is 2.47. The lowest BCUT2D eigenvalue weighted by molar-refractivity contribution is 1.10. The van der Waals surface area contributed by atoms with Crippen molar-refractivity contribution in [3.05, 3.63) is 101 Å².